The number of carbonyl (C=O) groups excluding carboxylic acids is 2. The fraction of sp³-hybridized carbons (Fsp3) is 0.889. The minimum absolute atomic E-state index is 0. The van der Waals surface area contributed by atoms with Crippen LogP contribution in [0, 0.1) is 0 Å². The summed E-state index contributed by atoms with van der Waals surface area (Å²) < 4.78 is 66.9. The molecule has 0 aromatic carbocycles. The topological polar surface area (TPSA) is 89.8 Å². The number of likely N-dealkylation sites (tertiary alicyclic amines) is 1. The van der Waals surface area contributed by atoms with Crippen molar-refractivity contribution in [1.82, 2.24) is 24.9 Å². The van der Waals surface area contributed by atoms with E-state index in [9.17, 15) is 30.6 Å². The SMILES string of the molecule is C1CCNC1.ClC(N1CCOCC1)=[N+]1CCCC1.FP(F)(F)(F)F.O=C(Cl)N1CCOCC1.O=C(N1CCCC1)N1CCOCC1.[F-]. The van der Waals surface area contributed by atoms with E-state index in [1.165, 1.54) is 38.8 Å². The number of amidine groups is 1. The van der Waals surface area contributed by atoms with Gasteiger partial charge in [0, 0.05) is 50.9 Å². The number of carbonyl (C=O) groups is 2. The number of ether oxygens (including phenoxy) is 3. The van der Waals surface area contributed by atoms with Crippen LogP contribution in [0.15, 0.2) is 0 Å². The molecule has 6 saturated heterocycles. The Hall–Kier alpha value is -1.36. The van der Waals surface area contributed by atoms with Crippen LogP contribution in [0.4, 0.5) is 30.6 Å². The van der Waals surface area contributed by atoms with Crippen molar-refractivity contribution in [2.24, 2.45) is 0 Å². The third-order valence-electron chi connectivity index (χ3n) is 7.51. The zero-order chi connectivity index (χ0) is 33.9. The maximum Gasteiger partial charge on any atom is 0.320 e. The van der Waals surface area contributed by atoms with Crippen LogP contribution < -0.4 is 10.0 Å². The summed E-state index contributed by atoms with van der Waals surface area (Å²) in [5.41, 5.74) is 0. The van der Waals surface area contributed by atoms with E-state index in [1.807, 2.05) is 9.80 Å². The maximum atomic E-state index is 11.8. The Morgan fingerprint density at radius 2 is 0.936 bits per heavy atom. The van der Waals surface area contributed by atoms with Gasteiger partial charge in [0.2, 0.25) is 0 Å². The summed E-state index contributed by atoms with van der Waals surface area (Å²) in [6.07, 6.45) is 7.66. The molecule has 20 heteroatoms. The van der Waals surface area contributed by atoms with Gasteiger partial charge in [-0.2, -0.15) is 0 Å². The zero-order valence-electron chi connectivity index (χ0n) is 26.7. The van der Waals surface area contributed by atoms with E-state index in [0.29, 0.717) is 39.5 Å². The van der Waals surface area contributed by atoms with Crippen LogP contribution in [-0.4, -0.2) is 159 Å². The van der Waals surface area contributed by atoms with Crippen LogP contribution in [0.5, 0.6) is 0 Å². The van der Waals surface area contributed by atoms with Gasteiger partial charge >= 0.3 is 45.8 Å². The Labute approximate surface area is 283 Å². The van der Waals surface area contributed by atoms with E-state index in [0.717, 1.165) is 83.7 Å². The molecule has 0 aliphatic carbocycles. The third-order valence-corrected chi connectivity index (χ3v) is 8.23. The molecular weight excluding hydrogens is 704 g/mol. The number of rotatable bonds is 0. The molecule has 0 aromatic heterocycles. The smallest absolute Gasteiger partial charge is 0.320 e. The van der Waals surface area contributed by atoms with E-state index in [1.54, 1.807) is 4.90 Å². The first-order valence-corrected chi connectivity index (χ1v) is 18.3. The van der Waals surface area contributed by atoms with Gasteiger partial charge in [-0.3, -0.25) is 9.37 Å². The summed E-state index contributed by atoms with van der Waals surface area (Å²) in [4.78, 5) is 29.9. The average Bonchev–Trinajstić information content (AvgIpc) is 3.87. The summed E-state index contributed by atoms with van der Waals surface area (Å²) in [5, 5.41) is 3.78. The Morgan fingerprint density at radius 3 is 1.28 bits per heavy atom. The molecule has 6 rings (SSSR count). The fourth-order valence-corrected chi connectivity index (χ4v) is 5.58. The van der Waals surface area contributed by atoms with Crippen LogP contribution in [-0.2, 0) is 14.2 Å². The molecule has 6 aliphatic rings. The largest absolute Gasteiger partial charge is 1.00 e. The zero-order valence-corrected chi connectivity index (χ0v) is 29.1. The first-order chi connectivity index (χ1) is 21.8. The van der Waals surface area contributed by atoms with Gasteiger partial charge in [0.05, 0.1) is 52.7 Å². The third kappa shape index (κ3) is 21.4. The quantitative estimate of drug-likeness (QED) is 0.102. The van der Waals surface area contributed by atoms with Crippen molar-refractivity contribution in [3.8, 4) is 0 Å². The number of nitrogens with one attached hydrogen (secondary N) is 1. The van der Waals surface area contributed by atoms with Crippen molar-refractivity contribution in [3.63, 3.8) is 0 Å². The van der Waals surface area contributed by atoms with Gasteiger partial charge in [-0.05, 0) is 63.2 Å². The van der Waals surface area contributed by atoms with Gasteiger partial charge in [-0.1, -0.05) is 0 Å². The average molecular weight is 754 g/mol. The number of morpholine rings is 3. The van der Waals surface area contributed by atoms with Gasteiger partial charge in [-0.25, -0.2) is 9.69 Å². The molecule has 0 spiro atoms. The minimum atomic E-state index is -8.55. The number of hydrogen-bond acceptors (Lipinski definition) is 6. The summed E-state index contributed by atoms with van der Waals surface area (Å²) in [7, 11) is -8.55. The van der Waals surface area contributed by atoms with E-state index in [2.05, 4.69) is 14.8 Å². The molecule has 0 atom stereocenters. The number of nitrogens with zero attached hydrogens (tertiary/aromatic N) is 5. The molecule has 1 N–H and O–H groups in total. The summed E-state index contributed by atoms with van der Waals surface area (Å²) in [6.45, 7) is 15.5. The molecule has 47 heavy (non-hydrogen) atoms. The van der Waals surface area contributed by atoms with E-state index < -0.39 is 8.16 Å². The molecule has 0 radical (unpaired) electrons. The predicted molar refractivity (Wildman–Crippen MR) is 169 cm³/mol. The molecule has 6 fully saturated rings. The normalized spacial score (nSPS) is 21.9. The molecule has 0 saturated carbocycles. The number of urea groups is 1. The molecule has 0 unspecified atom stereocenters. The Bertz CT molecular complexity index is 899. The standard InChI is InChI=1S/C9H16ClN2O.C9H16N2O2.C5H8ClNO2.C4H9N.F5P.FH/c10-9(11-3-1-2-4-11)12-5-7-13-8-6-12;12-9(10-3-1-2-4-10)11-5-7-13-8-6-11;6-5(8)7-1-3-9-4-2-7;1-2-4-5-3-1;1-6(2,3,4)5;/h2*1-8H2;1-4H2;5H,1-4H2;;1H/q+1;;;;;/p-1. The molecule has 11 nitrogen and oxygen atoms in total. The fourth-order valence-electron chi connectivity index (χ4n) is 5.08. The molecule has 6 heterocycles. The van der Waals surface area contributed by atoms with Crippen molar-refractivity contribution in [2.75, 3.05) is 118 Å². The van der Waals surface area contributed by atoms with Gasteiger partial charge < -0.3 is 38.9 Å². The molecule has 0 bridgehead atoms. The molecular formula is C27H49Cl2F6N6O5P. The van der Waals surface area contributed by atoms with Crippen molar-refractivity contribution in [1.29, 1.82) is 0 Å². The van der Waals surface area contributed by atoms with Crippen molar-refractivity contribution >= 4 is 48.1 Å². The first-order valence-electron chi connectivity index (χ1n) is 15.9. The van der Waals surface area contributed by atoms with Crippen LogP contribution in [0.3, 0.4) is 0 Å². The Balaban J connectivity index is 0.000000306. The van der Waals surface area contributed by atoms with E-state index in [4.69, 9.17) is 37.4 Å². The van der Waals surface area contributed by atoms with Gasteiger partial charge in [0.15, 0.2) is 0 Å². The molecule has 278 valence electrons. The molecule has 6 aliphatic heterocycles. The monoisotopic (exact) mass is 752 g/mol. The second-order valence-electron chi connectivity index (χ2n) is 11.1. The van der Waals surface area contributed by atoms with Gasteiger partial charge in [-0.15, -0.1) is 0 Å². The maximum absolute atomic E-state index is 11.8. The second-order valence-corrected chi connectivity index (χ2v) is 13.0. The van der Waals surface area contributed by atoms with E-state index >= 15 is 0 Å². The van der Waals surface area contributed by atoms with Crippen LogP contribution in [0.2, 0.25) is 0 Å². The summed E-state index contributed by atoms with van der Waals surface area (Å²) in [5.74, 6) is 0. The van der Waals surface area contributed by atoms with Crippen LogP contribution in [0.25, 0.3) is 0 Å². The summed E-state index contributed by atoms with van der Waals surface area (Å²) >= 11 is 11.5. The van der Waals surface area contributed by atoms with Crippen LogP contribution >= 0.6 is 31.4 Å². The second kappa shape index (κ2) is 23.1. The summed E-state index contributed by atoms with van der Waals surface area (Å²) in [6, 6.07) is 0.209. The molecule has 0 aromatic rings. The number of hydrogen-bond donors (Lipinski definition) is 1. The van der Waals surface area contributed by atoms with Gasteiger partial charge in [0.25, 0.3) is 0 Å². The number of halogens is 8. The molecule has 3 amide bonds. The minimum Gasteiger partial charge on any atom is -1.00 e. The van der Waals surface area contributed by atoms with Crippen molar-refractivity contribution in [2.45, 2.75) is 38.5 Å². The Kier molecular flexibility index (Phi) is 21.5. The van der Waals surface area contributed by atoms with Crippen molar-refractivity contribution < 1.29 is 54.1 Å². The number of amides is 3. The predicted octanol–water partition coefficient (Wildman–Crippen LogP) is 2.27. The Morgan fingerprint density at radius 1 is 0.574 bits per heavy atom. The van der Waals surface area contributed by atoms with E-state index in [-0.39, 0.29) is 16.1 Å². The van der Waals surface area contributed by atoms with Gasteiger partial charge in [0.1, 0.15) is 13.1 Å². The first kappa shape index (κ1) is 43.7. The van der Waals surface area contributed by atoms with Crippen LogP contribution in [0.1, 0.15) is 38.5 Å². The van der Waals surface area contributed by atoms with Crippen molar-refractivity contribution in [3.05, 3.63) is 0 Å².